The molecule has 3 heterocycles. The zero-order valence-electron chi connectivity index (χ0n) is 18.8. The number of hydroxylamine groups is 1. The van der Waals surface area contributed by atoms with Gasteiger partial charge in [-0.1, -0.05) is 48.5 Å². The molecule has 0 aliphatic carbocycles. The first kappa shape index (κ1) is 21.8. The maximum absolute atomic E-state index is 13.6. The highest BCUT2D eigenvalue weighted by molar-refractivity contribution is 6.23. The van der Waals surface area contributed by atoms with E-state index in [0.29, 0.717) is 28.5 Å². The smallest absolute Gasteiger partial charge is 0.270 e. The van der Waals surface area contributed by atoms with E-state index in [9.17, 15) is 19.7 Å². The monoisotopic (exact) mass is 481 g/mol. The zero-order valence-corrected chi connectivity index (χ0v) is 18.8. The number of furan rings is 1. The van der Waals surface area contributed by atoms with Gasteiger partial charge in [0.1, 0.15) is 23.5 Å². The largest absolute Gasteiger partial charge is 0.459 e. The highest BCUT2D eigenvalue weighted by Gasteiger charge is 2.61. The van der Waals surface area contributed by atoms with E-state index in [-0.39, 0.29) is 11.6 Å². The molecular weight excluding hydrogens is 462 g/mol. The molecule has 3 aromatic carbocycles. The van der Waals surface area contributed by atoms with Crippen molar-refractivity contribution in [3.8, 4) is 11.3 Å². The number of benzene rings is 3. The standard InChI is InChI=1S/C27H19N3O6/c31-26-23-24(22-15-14-21(35-22)17-8-7-13-20(16-17)30(33)34)29(19-11-5-2-6-12-19)36-25(23)27(32)28(26)18-9-3-1-4-10-18/h1-16,23-25H/t23-,24+,25-/m1/s1. The molecule has 9 nitrogen and oxygen atoms in total. The molecule has 0 N–H and O–H groups in total. The second kappa shape index (κ2) is 8.47. The van der Waals surface area contributed by atoms with Gasteiger partial charge in [-0.05, 0) is 36.4 Å². The van der Waals surface area contributed by atoms with Gasteiger partial charge in [0.05, 0.1) is 16.3 Å². The molecule has 0 unspecified atom stereocenters. The van der Waals surface area contributed by atoms with Gasteiger partial charge in [-0.3, -0.25) is 24.5 Å². The number of rotatable bonds is 5. The summed E-state index contributed by atoms with van der Waals surface area (Å²) in [4.78, 5) is 45.0. The maximum Gasteiger partial charge on any atom is 0.270 e. The lowest BCUT2D eigenvalue weighted by atomic mass is 9.94. The lowest BCUT2D eigenvalue weighted by Gasteiger charge is -2.27. The van der Waals surface area contributed by atoms with Crippen LogP contribution >= 0.6 is 0 Å². The number of hydrogen-bond donors (Lipinski definition) is 0. The van der Waals surface area contributed by atoms with Crippen LogP contribution in [0.5, 0.6) is 0 Å². The number of imide groups is 1. The number of carbonyl (C=O) groups excluding carboxylic acids is 2. The molecule has 2 aliphatic rings. The van der Waals surface area contributed by atoms with Crippen LogP contribution in [0.3, 0.4) is 0 Å². The van der Waals surface area contributed by atoms with Crippen molar-refractivity contribution in [3.63, 3.8) is 0 Å². The molecule has 0 bridgehead atoms. The summed E-state index contributed by atoms with van der Waals surface area (Å²) >= 11 is 0. The third-order valence-electron chi connectivity index (χ3n) is 6.40. The average molecular weight is 481 g/mol. The molecule has 9 heteroatoms. The molecule has 2 amide bonds. The summed E-state index contributed by atoms with van der Waals surface area (Å²) in [6.07, 6.45) is -1.02. The van der Waals surface area contributed by atoms with Gasteiger partial charge in [0.2, 0.25) is 5.91 Å². The van der Waals surface area contributed by atoms with Gasteiger partial charge in [-0.25, -0.2) is 9.96 Å². The molecule has 0 spiro atoms. The van der Waals surface area contributed by atoms with Crippen molar-refractivity contribution in [2.45, 2.75) is 12.1 Å². The Kier molecular flexibility index (Phi) is 5.12. The third-order valence-corrected chi connectivity index (χ3v) is 6.40. The molecule has 6 rings (SSSR count). The van der Waals surface area contributed by atoms with Crippen LogP contribution in [0.4, 0.5) is 17.1 Å². The number of para-hydroxylation sites is 2. The van der Waals surface area contributed by atoms with Crippen LogP contribution in [0, 0.1) is 16.0 Å². The summed E-state index contributed by atoms with van der Waals surface area (Å²) in [5.41, 5.74) is 1.61. The fourth-order valence-corrected chi connectivity index (χ4v) is 4.77. The summed E-state index contributed by atoms with van der Waals surface area (Å²) in [5, 5.41) is 12.8. The average Bonchev–Trinajstić information content (AvgIpc) is 3.60. The lowest BCUT2D eigenvalue weighted by molar-refractivity contribution is -0.384. The Labute approximate surface area is 205 Å². The minimum Gasteiger partial charge on any atom is -0.459 e. The second-order valence-corrected chi connectivity index (χ2v) is 8.51. The maximum atomic E-state index is 13.6. The van der Waals surface area contributed by atoms with Crippen molar-refractivity contribution in [1.29, 1.82) is 0 Å². The molecule has 0 radical (unpaired) electrons. The lowest BCUT2D eigenvalue weighted by Crippen LogP contribution is -2.37. The second-order valence-electron chi connectivity index (χ2n) is 8.51. The topological polar surface area (TPSA) is 106 Å². The number of hydrogen-bond acceptors (Lipinski definition) is 7. The van der Waals surface area contributed by atoms with Crippen LogP contribution in [0.2, 0.25) is 0 Å². The van der Waals surface area contributed by atoms with Crippen LogP contribution in [-0.2, 0) is 14.4 Å². The first-order valence-corrected chi connectivity index (χ1v) is 11.3. The number of fused-ring (bicyclic) bond motifs is 1. The summed E-state index contributed by atoms with van der Waals surface area (Å²) in [6.45, 7) is 0. The van der Waals surface area contributed by atoms with Crippen molar-refractivity contribution < 1.29 is 23.8 Å². The van der Waals surface area contributed by atoms with Gasteiger partial charge in [0.15, 0.2) is 6.10 Å². The SMILES string of the molecule is O=C1[C@H]2[C@@H](ON(c3ccccc3)[C@H]2c2ccc(-c3cccc([N+](=O)[O-])c3)o2)C(=O)N1c1ccccc1. The van der Waals surface area contributed by atoms with Crippen LogP contribution in [0.15, 0.2) is 101 Å². The number of nitrogens with zero attached hydrogens (tertiary/aromatic N) is 3. The van der Waals surface area contributed by atoms with Crippen LogP contribution in [0.1, 0.15) is 11.8 Å². The van der Waals surface area contributed by atoms with Gasteiger partial charge >= 0.3 is 0 Å². The number of anilines is 2. The molecule has 178 valence electrons. The molecule has 2 saturated heterocycles. The Morgan fingerprint density at radius 2 is 1.47 bits per heavy atom. The van der Waals surface area contributed by atoms with Crippen LogP contribution in [0.25, 0.3) is 11.3 Å². The number of amides is 2. The minimum atomic E-state index is -1.02. The zero-order chi connectivity index (χ0) is 24.8. The van der Waals surface area contributed by atoms with Gasteiger partial charge in [0.25, 0.3) is 11.6 Å². The Morgan fingerprint density at radius 3 is 2.17 bits per heavy atom. The van der Waals surface area contributed by atoms with E-state index in [1.54, 1.807) is 53.6 Å². The van der Waals surface area contributed by atoms with E-state index in [2.05, 4.69) is 0 Å². The highest BCUT2D eigenvalue weighted by Crippen LogP contribution is 2.48. The van der Waals surface area contributed by atoms with Crippen molar-refractivity contribution in [2.75, 3.05) is 9.96 Å². The van der Waals surface area contributed by atoms with Gasteiger partial charge < -0.3 is 4.42 Å². The van der Waals surface area contributed by atoms with E-state index in [0.717, 1.165) is 4.90 Å². The van der Waals surface area contributed by atoms with Crippen molar-refractivity contribution >= 4 is 28.9 Å². The molecule has 3 atom stereocenters. The van der Waals surface area contributed by atoms with E-state index in [1.807, 2.05) is 36.4 Å². The molecule has 1 aromatic heterocycles. The molecule has 2 fully saturated rings. The van der Waals surface area contributed by atoms with Gasteiger partial charge in [-0.15, -0.1) is 0 Å². The van der Waals surface area contributed by atoms with E-state index < -0.39 is 28.9 Å². The first-order chi connectivity index (χ1) is 17.5. The normalized spacial score (nSPS) is 21.2. The number of nitro groups is 1. The van der Waals surface area contributed by atoms with Crippen molar-refractivity contribution in [3.05, 3.63) is 113 Å². The Bertz CT molecular complexity index is 1470. The summed E-state index contributed by atoms with van der Waals surface area (Å²) < 4.78 is 6.15. The Morgan fingerprint density at radius 1 is 0.778 bits per heavy atom. The Balaban J connectivity index is 1.42. The fourth-order valence-electron chi connectivity index (χ4n) is 4.77. The number of non-ortho nitro benzene ring substituents is 1. The summed E-state index contributed by atoms with van der Waals surface area (Å²) in [5.74, 6) is -0.856. The predicted molar refractivity (Wildman–Crippen MR) is 130 cm³/mol. The highest BCUT2D eigenvalue weighted by atomic mass is 16.7. The van der Waals surface area contributed by atoms with E-state index in [1.165, 1.54) is 12.1 Å². The third kappa shape index (κ3) is 3.45. The number of carbonyl (C=O) groups is 2. The molecule has 4 aromatic rings. The van der Waals surface area contributed by atoms with Gasteiger partial charge in [-0.2, -0.15) is 0 Å². The molecular formula is C27H19N3O6. The van der Waals surface area contributed by atoms with E-state index >= 15 is 0 Å². The Hall–Kier alpha value is -4.76. The number of nitro benzene ring substituents is 1. The summed E-state index contributed by atoms with van der Waals surface area (Å²) in [7, 11) is 0. The molecule has 2 aliphatic heterocycles. The molecule has 0 saturated carbocycles. The predicted octanol–water partition coefficient (Wildman–Crippen LogP) is 4.91. The quantitative estimate of drug-likeness (QED) is 0.227. The van der Waals surface area contributed by atoms with Crippen LogP contribution in [-0.4, -0.2) is 22.8 Å². The minimum absolute atomic E-state index is 0.0595. The first-order valence-electron chi connectivity index (χ1n) is 11.3. The van der Waals surface area contributed by atoms with E-state index in [4.69, 9.17) is 9.25 Å². The van der Waals surface area contributed by atoms with Crippen molar-refractivity contribution in [2.24, 2.45) is 5.92 Å². The van der Waals surface area contributed by atoms with Crippen molar-refractivity contribution in [1.82, 2.24) is 0 Å². The van der Waals surface area contributed by atoms with Crippen LogP contribution < -0.4 is 9.96 Å². The fraction of sp³-hybridized carbons (Fsp3) is 0.111. The van der Waals surface area contributed by atoms with Gasteiger partial charge in [0, 0.05) is 17.7 Å². The summed E-state index contributed by atoms with van der Waals surface area (Å²) in [6, 6.07) is 26.7. The molecule has 36 heavy (non-hydrogen) atoms.